The Morgan fingerprint density at radius 3 is 2.43 bits per heavy atom. The Hall–Kier alpha value is -3.46. The van der Waals surface area contributed by atoms with Crippen molar-refractivity contribution >= 4 is 23.5 Å². The van der Waals surface area contributed by atoms with Gasteiger partial charge in [-0.2, -0.15) is 0 Å². The first kappa shape index (κ1) is 17.9. The number of furan rings is 2. The Labute approximate surface area is 164 Å². The molecular weight excluding hydrogens is 378 g/mol. The predicted molar refractivity (Wildman–Crippen MR) is 103 cm³/mol. The van der Waals surface area contributed by atoms with Gasteiger partial charge in [-0.15, -0.1) is 10.2 Å². The van der Waals surface area contributed by atoms with E-state index in [-0.39, 0.29) is 5.91 Å². The van der Waals surface area contributed by atoms with Crippen molar-refractivity contribution in [3.8, 4) is 22.9 Å². The molecule has 4 rings (SSSR count). The zero-order valence-corrected chi connectivity index (χ0v) is 15.4. The second-order valence-corrected chi connectivity index (χ2v) is 6.67. The molecule has 0 spiro atoms. The normalized spacial score (nSPS) is 10.7. The lowest BCUT2D eigenvalue weighted by molar-refractivity contribution is -0.115. The van der Waals surface area contributed by atoms with E-state index in [2.05, 4.69) is 25.5 Å². The second-order valence-electron chi connectivity index (χ2n) is 5.61. The number of nitrogens with one attached hydrogen (secondary N) is 1. The standard InChI is InChI=1S/C19H15N5O3S/c25-16(21-15-7-1-2-9-20-15)8-12-28-19-22-17(13-5-3-10-26-13)18(23-24-19)14-6-4-11-27-14/h1-7,9-11H,8,12H2,(H,20,21,25). The number of anilines is 1. The van der Waals surface area contributed by atoms with Crippen LogP contribution in [0.3, 0.4) is 0 Å². The number of carbonyl (C=O) groups is 1. The predicted octanol–water partition coefficient (Wildman–Crippen LogP) is 3.91. The number of pyridine rings is 1. The van der Waals surface area contributed by atoms with Crippen LogP contribution >= 0.6 is 11.8 Å². The minimum absolute atomic E-state index is 0.127. The van der Waals surface area contributed by atoms with Gasteiger partial charge >= 0.3 is 0 Å². The van der Waals surface area contributed by atoms with Gasteiger partial charge in [0.05, 0.1) is 12.5 Å². The van der Waals surface area contributed by atoms with Gasteiger partial charge in [0.15, 0.2) is 17.2 Å². The van der Waals surface area contributed by atoms with Crippen molar-refractivity contribution in [1.29, 1.82) is 0 Å². The van der Waals surface area contributed by atoms with E-state index in [9.17, 15) is 4.79 Å². The molecule has 0 aliphatic rings. The van der Waals surface area contributed by atoms with Crippen LogP contribution in [0.1, 0.15) is 6.42 Å². The van der Waals surface area contributed by atoms with Gasteiger partial charge < -0.3 is 14.2 Å². The molecule has 4 heterocycles. The highest BCUT2D eigenvalue weighted by Crippen LogP contribution is 2.30. The molecule has 0 bridgehead atoms. The molecule has 0 aromatic carbocycles. The van der Waals surface area contributed by atoms with Gasteiger partial charge in [0.1, 0.15) is 11.5 Å². The van der Waals surface area contributed by atoms with Crippen molar-refractivity contribution in [3.05, 3.63) is 61.2 Å². The molecule has 1 N–H and O–H groups in total. The van der Waals surface area contributed by atoms with Crippen LogP contribution in [0.5, 0.6) is 0 Å². The molecular formula is C19H15N5O3S. The Morgan fingerprint density at radius 1 is 0.964 bits per heavy atom. The third kappa shape index (κ3) is 4.26. The van der Waals surface area contributed by atoms with Crippen molar-refractivity contribution in [2.24, 2.45) is 0 Å². The van der Waals surface area contributed by atoms with E-state index in [0.29, 0.717) is 46.1 Å². The molecule has 4 aromatic heterocycles. The first-order chi connectivity index (χ1) is 13.8. The highest BCUT2D eigenvalue weighted by atomic mass is 32.2. The van der Waals surface area contributed by atoms with Gasteiger partial charge in [-0.3, -0.25) is 4.79 Å². The fourth-order valence-corrected chi connectivity index (χ4v) is 3.14. The maximum absolute atomic E-state index is 12.0. The minimum Gasteiger partial charge on any atom is -0.463 e. The number of hydrogen-bond acceptors (Lipinski definition) is 8. The van der Waals surface area contributed by atoms with Crippen molar-refractivity contribution in [1.82, 2.24) is 20.2 Å². The molecule has 8 nitrogen and oxygen atoms in total. The van der Waals surface area contributed by atoms with Crippen molar-refractivity contribution in [3.63, 3.8) is 0 Å². The molecule has 1 amide bonds. The van der Waals surface area contributed by atoms with Crippen molar-refractivity contribution in [2.75, 3.05) is 11.1 Å². The Bertz CT molecular complexity index is 1040. The zero-order valence-electron chi connectivity index (χ0n) is 14.6. The van der Waals surface area contributed by atoms with Gasteiger partial charge in [0.25, 0.3) is 0 Å². The summed E-state index contributed by atoms with van der Waals surface area (Å²) >= 11 is 1.34. The number of hydrogen-bond donors (Lipinski definition) is 1. The van der Waals surface area contributed by atoms with Gasteiger partial charge in [-0.1, -0.05) is 17.8 Å². The Balaban J connectivity index is 1.44. The summed E-state index contributed by atoms with van der Waals surface area (Å²) < 4.78 is 10.9. The fourth-order valence-electron chi connectivity index (χ4n) is 2.41. The summed E-state index contributed by atoms with van der Waals surface area (Å²) in [6.07, 6.45) is 5.05. The third-order valence-corrected chi connectivity index (χ3v) is 4.51. The van der Waals surface area contributed by atoms with Crippen LogP contribution in [0, 0.1) is 0 Å². The quantitative estimate of drug-likeness (QED) is 0.471. The molecule has 9 heteroatoms. The third-order valence-electron chi connectivity index (χ3n) is 3.67. The lowest BCUT2D eigenvalue weighted by Gasteiger charge is -2.06. The lowest BCUT2D eigenvalue weighted by atomic mass is 10.2. The Morgan fingerprint density at radius 2 is 1.75 bits per heavy atom. The molecule has 4 aromatic rings. The molecule has 0 unspecified atom stereocenters. The van der Waals surface area contributed by atoms with E-state index in [1.807, 2.05) is 6.07 Å². The van der Waals surface area contributed by atoms with E-state index in [0.717, 1.165) is 0 Å². The minimum atomic E-state index is -0.127. The van der Waals surface area contributed by atoms with Gasteiger partial charge in [-0.05, 0) is 36.4 Å². The van der Waals surface area contributed by atoms with Crippen LogP contribution in [-0.2, 0) is 4.79 Å². The number of carbonyl (C=O) groups excluding carboxylic acids is 1. The van der Waals surface area contributed by atoms with Crippen LogP contribution in [0.25, 0.3) is 22.9 Å². The van der Waals surface area contributed by atoms with Crippen LogP contribution in [-0.4, -0.2) is 31.8 Å². The van der Waals surface area contributed by atoms with Crippen LogP contribution in [0.4, 0.5) is 5.82 Å². The number of aromatic nitrogens is 4. The molecule has 0 aliphatic heterocycles. The SMILES string of the molecule is O=C(CCSc1nnc(-c2ccco2)c(-c2ccco2)n1)Nc1ccccn1. The number of amides is 1. The summed E-state index contributed by atoms with van der Waals surface area (Å²) in [5.74, 6) is 2.02. The smallest absolute Gasteiger partial charge is 0.226 e. The topological polar surface area (TPSA) is 107 Å². The molecule has 0 saturated heterocycles. The van der Waals surface area contributed by atoms with E-state index < -0.39 is 0 Å². The molecule has 0 fully saturated rings. The van der Waals surface area contributed by atoms with Crippen LogP contribution < -0.4 is 5.32 Å². The molecule has 28 heavy (non-hydrogen) atoms. The van der Waals surface area contributed by atoms with E-state index in [1.165, 1.54) is 11.8 Å². The van der Waals surface area contributed by atoms with E-state index in [4.69, 9.17) is 8.83 Å². The van der Waals surface area contributed by atoms with Gasteiger partial charge in [-0.25, -0.2) is 9.97 Å². The maximum Gasteiger partial charge on any atom is 0.226 e. The Kier molecular flexibility index (Phi) is 5.43. The monoisotopic (exact) mass is 393 g/mol. The second kappa shape index (κ2) is 8.49. The summed E-state index contributed by atoms with van der Waals surface area (Å²) in [5, 5.41) is 11.6. The number of nitrogens with zero attached hydrogens (tertiary/aromatic N) is 4. The maximum atomic E-state index is 12.0. The van der Waals surface area contributed by atoms with Crippen molar-refractivity contribution in [2.45, 2.75) is 11.6 Å². The highest BCUT2D eigenvalue weighted by Gasteiger charge is 2.18. The molecule has 0 saturated carbocycles. The lowest BCUT2D eigenvalue weighted by Crippen LogP contribution is -2.13. The summed E-state index contributed by atoms with van der Waals surface area (Å²) in [4.78, 5) is 20.6. The first-order valence-electron chi connectivity index (χ1n) is 8.46. The molecule has 0 radical (unpaired) electrons. The average Bonchev–Trinajstić information content (AvgIpc) is 3.43. The van der Waals surface area contributed by atoms with E-state index in [1.54, 1.807) is 55.1 Å². The summed E-state index contributed by atoms with van der Waals surface area (Å²) in [6, 6.07) is 12.5. The first-order valence-corrected chi connectivity index (χ1v) is 9.44. The zero-order chi connectivity index (χ0) is 19.2. The summed E-state index contributed by atoms with van der Waals surface area (Å²) in [7, 11) is 0. The van der Waals surface area contributed by atoms with Crippen LogP contribution in [0.15, 0.2) is 75.2 Å². The van der Waals surface area contributed by atoms with Gasteiger partial charge in [0, 0.05) is 18.4 Å². The molecule has 0 atom stereocenters. The summed E-state index contributed by atoms with van der Waals surface area (Å²) in [5.41, 5.74) is 1.03. The molecule has 140 valence electrons. The van der Waals surface area contributed by atoms with Crippen LogP contribution in [0.2, 0.25) is 0 Å². The largest absolute Gasteiger partial charge is 0.463 e. The summed E-state index contributed by atoms with van der Waals surface area (Å²) in [6.45, 7) is 0. The number of thioether (sulfide) groups is 1. The van der Waals surface area contributed by atoms with Gasteiger partial charge in [0.2, 0.25) is 11.1 Å². The highest BCUT2D eigenvalue weighted by molar-refractivity contribution is 7.99. The number of rotatable bonds is 7. The fraction of sp³-hybridized carbons (Fsp3) is 0.105. The van der Waals surface area contributed by atoms with Crippen molar-refractivity contribution < 1.29 is 13.6 Å². The molecule has 0 aliphatic carbocycles. The average molecular weight is 393 g/mol. The van der Waals surface area contributed by atoms with E-state index >= 15 is 0 Å².